The van der Waals surface area contributed by atoms with Crippen LogP contribution in [0.1, 0.15) is 23.1 Å². The molecule has 1 N–H and O–H groups in total. The number of rotatable bonds is 3. The van der Waals surface area contributed by atoms with Gasteiger partial charge in [0.15, 0.2) is 11.5 Å². The van der Waals surface area contributed by atoms with E-state index in [2.05, 4.69) is 5.10 Å². The molecule has 5 nitrogen and oxygen atoms in total. The second-order valence-electron chi connectivity index (χ2n) is 5.02. The third-order valence-electron chi connectivity index (χ3n) is 3.45. The van der Waals surface area contributed by atoms with Gasteiger partial charge >= 0.3 is 0 Å². The van der Waals surface area contributed by atoms with Gasteiger partial charge in [-0.05, 0) is 30.7 Å². The molecule has 0 amide bonds. The van der Waals surface area contributed by atoms with Crippen LogP contribution in [0.15, 0.2) is 24.3 Å². The average molecular weight is 274 g/mol. The van der Waals surface area contributed by atoms with E-state index in [9.17, 15) is 5.11 Å². The lowest BCUT2D eigenvalue weighted by Gasteiger charge is -2.20. The summed E-state index contributed by atoms with van der Waals surface area (Å²) < 4.78 is 12.8. The van der Waals surface area contributed by atoms with Crippen molar-refractivity contribution < 1.29 is 14.6 Å². The van der Waals surface area contributed by atoms with Crippen molar-refractivity contribution in [2.75, 3.05) is 13.2 Å². The molecule has 1 aliphatic rings. The first-order valence-corrected chi connectivity index (χ1v) is 6.70. The van der Waals surface area contributed by atoms with Crippen molar-refractivity contribution in [1.82, 2.24) is 9.78 Å². The second kappa shape index (κ2) is 5.17. The fourth-order valence-corrected chi connectivity index (χ4v) is 2.44. The predicted octanol–water partition coefficient (Wildman–Crippen LogP) is 1.78. The van der Waals surface area contributed by atoms with E-state index in [1.54, 1.807) is 4.68 Å². The van der Waals surface area contributed by atoms with E-state index >= 15 is 0 Å². The largest absolute Gasteiger partial charge is 0.486 e. The van der Waals surface area contributed by atoms with Crippen molar-refractivity contribution in [2.24, 2.45) is 7.05 Å². The predicted molar refractivity (Wildman–Crippen MR) is 74.0 cm³/mol. The van der Waals surface area contributed by atoms with Crippen LogP contribution in [0.3, 0.4) is 0 Å². The van der Waals surface area contributed by atoms with Gasteiger partial charge in [0.05, 0.1) is 11.8 Å². The van der Waals surface area contributed by atoms with Crippen LogP contribution in [0.5, 0.6) is 11.5 Å². The Bertz CT molecular complexity index is 622. The summed E-state index contributed by atoms with van der Waals surface area (Å²) in [7, 11) is 1.89. The number of fused-ring (bicyclic) bond motifs is 1. The van der Waals surface area contributed by atoms with Gasteiger partial charge in [-0.15, -0.1) is 0 Å². The van der Waals surface area contributed by atoms with Crippen molar-refractivity contribution >= 4 is 0 Å². The maximum atomic E-state index is 10.4. The first-order chi connectivity index (χ1) is 9.63. The molecule has 0 saturated heterocycles. The lowest BCUT2D eigenvalue weighted by molar-refractivity contribution is 0.163. The molecule has 0 radical (unpaired) electrons. The van der Waals surface area contributed by atoms with E-state index in [-0.39, 0.29) is 0 Å². The summed E-state index contributed by atoms with van der Waals surface area (Å²) in [6, 6.07) is 7.56. The molecular weight excluding hydrogens is 256 g/mol. The van der Waals surface area contributed by atoms with Crippen molar-refractivity contribution in [1.29, 1.82) is 0 Å². The maximum Gasteiger partial charge on any atom is 0.161 e. The van der Waals surface area contributed by atoms with Crippen LogP contribution in [0, 0.1) is 6.92 Å². The van der Waals surface area contributed by atoms with Crippen LogP contribution in [0.2, 0.25) is 0 Å². The summed E-state index contributed by atoms with van der Waals surface area (Å²) in [6.45, 7) is 3.07. The standard InChI is InChI=1S/C15H18N2O3/c1-10-7-12(17(2)16-10)9-13(18)11-3-4-14-15(8-11)20-6-5-19-14/h3-4,7-8,13,18H,5-6,9H2,1-2H3. The average Bonchev–Trinajstić information content (AvgIpc) is 2.76. The van der Waals surface area contributed by atoms with Gasteiger partial charge < -0.3 is 14.6 Å². The molecule has 106 valence electrons. The molecule has 1 unspecified atom stereocenters. The minimum Gasteiger partial charge on any atom is -0.486 e. The highest BCUT2D eigenvalue weighted by Crippen LogP contribution is 2.33. The molecule has 0 saturated carbocycles. The number of hydrogen-bond donors (Lipinski definition) is 1. The number of aromatic nitrogens is 2. The molecular formula is C15H18N2O3. The van der Waals surface area contributed by atoms with Gasteiger partial charge in [0.1, 0.15) is 13.2 Å². The number of hydrogen-bond acceptors (Lipinski definition) is 4. The van der Waals surface area contributed by atoms with Crippen LogP contribution in [0.4, 0.5) is 0 Å². The highest BCUT2D eigenvalue weighted by atomic mass is 16.6. The van der Waals surface area contributed by atoms with Gasteiger partial charge in [-0.2, -0.15) is 5.10 Å². The minimum absolute atomic E-state index is 0.525. The second-order valence-corrected chi connectivity index (χ2v) is 5.02. The van der Waals surface area contributed by atoms with Crippen LogP contribution in [-0.2, 0) is 13.5 Å². The van der Waals surface area contributed by atoms with Crippen LogP contribution >= 0.6 is 0 Å². The summed E-state index contributed by atoms with van der Waals surface area (Å²) in [4.78, 5) is 0. The zero-order valence-corrected chi connectivity index (χ0v) is 11.7. The smallest absolute Gasteiger partial charge is 0.161 e. The number of benzene rings is 1. The molecule has 0 aliphatic carbocycles. The van der Waals surface area contributed by atoms with E-state index in [0.717, 1.165) is 22.7 Å². The Morgan fingerprint density at radius 3 is 2.70 bits per heavy atom. The summed E-state index contributed by atoms with van der Waals surface area (Å²) >= 11 is 0. The molecule has 0 spiro atoms. The Balaban J connectivity index is 1.80. The quantitative estimate of drug-likeness (QED) is 0.927. The Morgan fingerprint density at radius 2 is 2.00 bits per heavy atom. The topological polar surface area (TPSA) is 56.5 Å². The molecule has 0 bridgehead atoms. The van der Waals surface area contributed by atoms with Crippen LogP contribution in [0.25, 0.3) is 0 Å². The van der Waals surface area contributed by atoms with E-state index < -0.39 is 6.10 Å². The zero-order chi connectivity index (χ0) is 14.1. The monoisotopic (exact) mass is 274 g/mol. The van der Waals surface area contributed by atoms with E-state index in [1.807, 2.05) is 38.2 Å². The maximum absolute atomic E-state index is 10.4. The molecule has 1 aromatic carbocycles. The highest BCUT2D eigenvalue weighted by Gasteiger charge is 2.17. The fourth-order valence-electron chi connectivity index (χ4n) is 2.44. The molecule has 5 heteroatoms. The zero-order valence-electron chi connectivity index (χ0n) is 11.7. The van der Waals surface area contributed by atoms with Crippen molar-refractivity contribution in [2.45, 2.75) is 19.4 Å². The van der Waals surface area contributed by atoms with Gasteiger partial charge in [-0.1, -0.05) is 6.07 Å². The summed E-state index contributed by atoms with van der Waals surface area (Å²) in [5.41, 5.74) is 2.79. The Labute approximate surface area is 117 Å². The van der Waals surface area contributed by atoms with Crippen molar-refractivity contribution in [3.8, 4) is 11.5 Å². The van der Waals surface area contributed by atoms with Gasteiger partial charge in [-0.25, -0.2) is 0 Å². The third kappa shape index (κ3) is 2.49. The van der Waals surface area contributed by atoms with Gasteiger partial charge in [0.25, 0.3) is 0 Å². The van der Waals surface area contributed by atoms with E-state index in [0.29, 0.717) is 25.4 Å². The summed E-state index contributed by atoms with van der Waals surface area (Å²) in [5, 5.41) is 14.7. The summed E-state index contributed by atoms with van der Waals surface area (Å²) in [5.74, 6) is 1.44. The van der Waals surface area contributed by atoms with Gasteiger partial charge in [0, 0.05) is 19.2 Å². The number of ether oxygens (including phenoxy) is 2. The van der Waals surface area contributed by atoms with Gasteiger partial charge in [0.2, 0.25) is 0 Å². The molecule has 1 aliphatic heterocycles. The molecule has 1 aromatic heterocycles. The molecule has 2 aromatic rings. The molecule has 0 fully saturated rings. The summed E-state index contributed by atoms with van der Waals surface area (Å²) in [6.07, 6.45) is -0.0580. The fraction of sp³-hybridized carbons (Fsp3) is 0.400. The number of nitrogens with zero attached hydrogens (tertiary/aromatic N) is 2. The van der Waals surface area contributed by atoms with E-state index in [1.165, 1.54) is 0 Å². The Morgan fingerprint density at radius 1 is 1.25 bits per heavy atom. The third-order valence-corrected chi connectivity index (χ3v) is 3.45. The molecule has 20 heavy (non-hydrogen) atoms. The molecule has 1 atom stereocenters. The minimum atomic E-state index is -0.583. The van der Waals surface area contributed by atoms with Crippen molar-refractivity contribution in [3.63, 3.8) is 0 Å². The van der Waals surface area contributed by atoms with Crippen LogP contribution < -0.4 is 9.47 Å². The Hall–Kier alpha value is -2.01. The van der Waals surface area contributed by atoms with Crippen LogP contribution in [-0.4, -0.2) is 28.1 Å². The SMILES string of the molecule is Cc1cc(CC(O)c2ccc3c(c2)OCCO3)n(C)n1. The van der Waals surface area contributed by atoms with Gasteiger partial charge in [-0.3, -0.25) is 4.68 Å². The Kier molecular flexibility index (Phi) is 3.36. The first-order valence-electron chi connectivity index (χ1n) is 6.70. The number of aliphatic hydroxyl groups is 1. The molecule has 3 rings (SSSR count). The lowest BCUT2D eigenvalue weighted by Crippen LogP contribution is -2.16. The highest BCUT2D eigenvalue weighted by molar-refractivity contribution is 5.44. The first kappa shape index (κ1) is 13.0. The number of aliphatic hydroxyl groups excluding tert-OH is 1. The van der Waals surface area contributed by atoms with Crippen molar-refractivity contribution in [3.05, 3.63) is 41.2 Å². The lowest BCUT2D eigenvalue weighted by atomic mass is 10.0. The van der Waals surface area contributed by atoms with E-state index in [4.69, 9.17) is 9.47 Å². The molecule has 2 heterocycles. The number of aryl methyl sites for hydroxylation is 2. The normalized spacial score (nSPS) is 15.2.